The third-order valence-corrected chi connectivity index (χ3v) is 6.68. The fourth-order valence-corrected chi connectivity index (χ4v) is 4.59. The lowest BCUT2D eigenvalue weighted by Gasteiger charge is -2.35. The van der Waals surface area contributed by atoms with E-state index in [-0.39, 0.29) is 0 Å². The highest BCUT2D eigenvalue weighted by Gasteiger charge is 2.53. The minimum Gasteiger partial charge on any atom is -0.376 e. The number of ether oxygens (including phenoxy) is 2. The minimum atomic E-state index is 0.332. The van der Waals surface area contributed by atoms with Crippen LogP contribution in [0.15, 0.2) is 4.99 Å². The Morgan fingerprint density at radius 1 is 1.16 bits per heavy atom. The third kappa shape index (κ3) is 4.48. The van der Waals surface area contributed by atoms with Gasteiger partial charge in [-0.1, -0.05) is 0 Å². The van der Waals surface area contributed by atoms with Crippen LogP contribution in [0.3, 0.4) is 0 Å². The molecule has 2 aliphatic heterocycles. The van der Waals surface area contributed by atoms with Crippen LogP contribution < -0.4 is 5.32 Å². The number of aliphatic imine (C=N–C) groups is 1. The zero-order chi connectivity index (χ0) is 17.1. The molecule has 4 fully saturated rings. The highest BCUT2D eigenvalue weighted by Crippen LogP contribution is 2.60. The van der Waals surface area contributed by atoms with E-state index in [2.05, 4.69) is 15.2 Å². The average molecular weight is 350 g/mol. The maximum absolute atomic E-state index is 6.14. The first-order chi connectivity index (χ1) is 12.3. The van der Waals surface area contributed by atoms with Crippen LogP contribution in [0.5, 0.6) is 0 Å². The van der Waals surface area contributed by atoms with Crippen molar-refractivity contribution < 1.29 is 9.47 Å². The van der Waals surface area contributed by atoms with Gasteiger partial charge >= 0.3 is 0 Å². The van der Waals surface area contributed by atoms with E-state index in [1.54, 1.807) is 0 Å². The first kappa shape index (κ1) is 17.6. The molecule has 0 bridgehead atoms. The van der Waals surface area contributed by atoms with E-state index in [0.717, 1.165) is 64.0 Å². The van der Waals surface area contributed by atoms with Gasteiger partial charge in [-0.25, -0.2) is 0 Å². The summed E-state index contributed by atoms with van der Waals surface area (Å²) in [5, 5.41) is 3.68. The fourth-order valence-electron chi connectivity index (χ4n) is 4.59. The lowest BCUT2D eigenvalue weighted by atomic mass is 10.0. The maximum Gasteiger partial charge on any atom is 0.193 e. The molecule has 1 atom stereocenters. The fraction of sp³-hybridized carbons (Fsp3) is 0.950. The van der Waals surface area contributed by atoms with Gasteiger partial charge < -0.3 is 19.7 Å². The van der Waals surface area contributed by atoms with Crippen molar-refractivity contribution >= 4 is 5.96 Å². The number of guanidine groups is 1. The second kappa shape index (κ2) is 7.83. The van der Waals surface area contributed by atoms with Gasteiger partial charge in [-0.3, -0.25) is 4.99 Å². The molecule has 2 saturated heterocycles. The summed E-state index contributed by atoms with van der Waals surface area (Å²) >= 11 is 0. The molecule has 25 heavy (non-hydrogen) atoms. The quantitative estimate of drug-likeness (QED) is 0.592. The van der Waals surface area contributed by atoms with Crippen LogP contribution in [0.25, 0.3) is 0 Å². The molecule has 0 aromatic heterocycles. The average Bonchev–Trinajstić information content (AvgIpc) is 3.56. The molecule has 1 unspecified atom stereocenters. The molecule has 2 aliphatic carbocycles. The first-order valence-corrected chi connectivity index (χ1v) is 10.5. The lowest BCUT2D eigenvalue weighted by Crippen LogP contribution is -2.48. The predicted molar refractivity (Wildman–Crippen MR) is 99.9 cm³/mol. The molecule has 4 rings (SSSR count). The monoisotopic (exact) mass is 349 g/mol. The Labute approximate surface area is 152 Å². The second-order valence-corrected chi connectivity index (χ2v) is 8.55. The Balaban J connectivity index is 1.16. The molecule has 0 amide bonds. The number of nitrogens with one attached hydrogen (secondary N) is 1. The van der Waals surface area contributed by atoms with E-state index in [9.17, 15) is 0 Å². The van der Waals surface area contributed by atoms with Crippen molar-refractivity contribution in [2.24, 2.45) is 16.3 Å². The van der Waals surface area contributed by atoms with Gasteiger partial charge in [-0.15, -0.1) is 0 Å². The van der Waals surface area contributed by atoms with Gasteiger partial charge in [-0.05, 0) is 69.1 Å². The van der Waals surface area contributed by atoms with Gasteiger partial charge in [-0.2, -0.15) is 0 Å². The molecule has 0 aromatic carbocycles. The summed E-state index contributed by atoms with van der Waals surface area (Å²) in [6.45, 7) is 4.91. The summed E-state index contributed by atoms with van der Waals surface area (Å²) in [5.74, 6) is 2.10. The van der Waals surface area contributed by atoms with Crippen molar-refractivity contribution in [1.82, 2.24) is 10.2 Å². The number of nitrogens with zero attached hydrogens (tertiary/aromatic N) is 2. The Morgan fingerprint density at radius 3 is 2.56 bits per heavy atom. The molecule has 5 heteroatoms. The molecular weight excluding hydrogens is 314 g/mol. The zero-order valence-corrected chi connectivity index (χ0v) is 15.8. The van der Waals surface area contributed by atoms with Crippen LogP contribution >= 0.6 is 0 Å². The van der Waals surface area contributed by atoms with Crippen LogP contribution in [0.4, 0.5) is 0 Å². The maximum atomic E-state index is 6.14. The zero-order valence-electron chi connectivity index (χ0n) is 15.8. The molecule has 0 radical (unpaired) electrons. The second-order valence-electron chi connectivity index (χ2n) is 8.55. The van der Waals surface area contributed by atoms with Crippen molar-refractivity contribution in [3.05, 3.63) is 0 Å². The van der Waals surface area contributed by atoms with E-state index in [1.807, 2.05) is 7.05 Å². The van der Waals surface area contributed by atoms with E-state index in [4.69, 9.17) is 9.47 Å². The largest absolute Gasteiger partial charge is 0.376 e. The van der Waals surface area contributed by atoms with Crippen molar-refractivity contribution in [3.8, 4) is 0 Å². The van der Waals surface area contributed by atoms with E-state index < -0.39 is 0 Å². The molecule has 0 spiro atoms. The SMILES string of the molecule is CN=C(NCC1(C2CC2)CC1)N1CCC(OCC2CCCCO2)CC1. The standard InChI is InChI=1S/C20H35N3O2/c1-21-19(22-15-20(9-10-20)16-5-6-16)23-11-7-17(8-12-23)25-14-18-4-2-3-13-24-18/h16-18H,2-15H2,1H3,(H,21,22). The van der Waals surface area contributed by atoms with Crippen LogP contribution in [0.1, 0.15) is 57.8 Å². The topological polar surface area (TPSA) is 46.1 Å². The molecule has 1 N–H and O–H groups in total. The van der Waals surface area contributed by atoms with Gasteiger partial charge in [0.2, 0.25) is 0 Å². The Bertz CT molecular complexity index is 460. The molecule has 142 valence electrons. The van der Waals surface area contributed by atoms with E-state index >= 15 is 0 Å². The summed E-state index contributed by atoms with van der Waals surface area (Å²) in [6, 6.07) is 0. The van der Waals surface area contributed by atoms with Gasteiger partial charge in [0.25, 0.3) is 0 Å². The van der Waals surface area contributed by atoms with Gasteiger partial charge in [0.15, 0.2) is 5.96 Å². The van der Waals surface area contributed by atoms with Crippen molar-refractivity contribution in [2.45, 2.75) is 70.0 Å². The predicted octanol–water partition coefficient (Wildman–Crippen LogP) is 2.80. The molecule has 0 aromatic rings. The number of likely N-dealkylation sites (tertiary alicyclic amines) is 1. The van der Waals surface area contributed by atoms with Crippen LogP contribution in [0.2, 0.25) is 0 Å². The highest BCUT2D eigenvalue weighted by molar-refractivity contribution is 5.80. The van der Waals surface area contributed by atoms with Crippen LogP contribution in [-0.4, -0.2) is 63.0 Å². The van der Waals surface area contributed by atoms with Gasteiger partial charge in [0.1, 0.15) is 0 Å². The van der Waals surface area contributed by atoms with Crippen molar-refractivity contribution in [1.29, 1.82) is 0 Å². The summed E-state index contributed by atoms with van der Waals surface area (Å²) in [6.07, 6.45) is 12.3. The third-order valence-electron chi connectivity index (χ3n) is 6.68. The van der Waals surface area contributed by atoms with Crippen LogP contribution in [0, 0.1) is 11.3 Å². The molecule has 2 saturated carbocycles. The summed E-state index contributed by atoms with van der Waals surface area (Å²) in [7, 11) is 1.92. The number of piperidine rings is 1. The summed E-state index contributed by atoms with van der Waals surface area (Å²) in [5.41, 5.74) is 0.622. The Kier molecular flexibility index (Phi) is 5.51. The highest BCUT2D eigenvalue weighted by atomic mass is 16.5. The van der Waals surface area contributed by atoms with Crippen molar-refractivity contribution in [2.75, 3.05) is 39.9 Å². The summed E-state index contributed by atoms with van der Waals surface area (Å²) in [4.78, 5) is 6.95. The van der Waals surface area contributed by atoms with Gasteiger partial charge in [0.05, 0.1) is 18.8 Å². The molecular formula is C20H35N3O2. The Morgan fingerprint density at radius 2 is 1.96 bits per heavy atom. The Hall–Kier alpha value is -0.810. The smallest absolute Gasteiger partial charge is 0.193 e. The summed E-state index contributed by atoms with van der Waals surface area (Å²) < 4.78 is 11.9. The van der Waals surface area contributed by atoms with Crippen LogP contribution in [-0.2, 0) is 9.47 Å². The van der Waals surface area contributed by atoms with E-state index in [0.29, 0.717) is 17.6 Å². The van der Waals surface area contributed by atoms with Gasteiger partial charge in [0, 0.05) is 33.3 Å². The number of rotatable bonds is 6. The molecule has 4 aliphatic rings. The lowest BCUT2D eigenvalue weighted by molar-refractivity contribution is -0.0721. The minimum absolute atomic E-state index is 0.332. The molecule has 2 heterocycles. The number of hydrogen-bond donors (Lipinski definition) is 1. The molecule has 5 nitrogen and oxygen atoms in total. The number of hydrogen-bond acceptors (Lipinski definition) is 3. The first-order valence-electron chi connectivity index (χ1n) is 10.5. The van der Waals surface area contributed by atoms with E-state index in [1.165, 1.54) is 38.5 Å². The van der Waals surface area contributed by atoms with Crippen molar-refractivity contribution in [3.63, 3.8) is 0 Å². The normalized spacial score (nSPS) is 30.4.